The summed E-state index contributed by atoms with van der Waals surface area (Å²) in [5.41, 5.74) is -0.808. The summed E-state index contributed by atoms with van der Waals surface area (Å²) in [4.78, 5) is 13.2. The summed E-state index contributed by atoms with van der Waals surface area (Å²) in [5.74, 6) is -1.42. The average molecular weight is 408 g/mol. The third kappa shape index (κ3) is 6.45. The largest absolute Gasteiger partial charge is 0.474 e. The van der Waals surface area contributed by atoms with Gasteiger partial charge in [-0.2, -0.15) is 0 Å². The Labute approximate surface area is 173 Å². The second kappa shape index (κ2) is 9.15. The maximum absolute atomic E-state index is 13.2. The Morgan fingerprint density at radius 3 is 2.45 bits per heavy atom. The first kappa shape index (κ1) is 23.2. The van der Waals surface area contributed by atoms with Crippen LogP contribution in [-0.2, 0) is 35.1 Å². The molecule has 0 amide bonds. The molecule has 7 heteroatoms. The van der Waals surface area contributed by atoms with Crippen molar-refractivity contribution >= 4 is 5.97 Å². The number of rotatable bonds is 9. The molecule has 0 bridgehead atoms. The Morgan fingerprint density at radius 1 is 1.21 bits per heavy atom. The van der Waals surface area contributed by atoms with Gasteiger partial charge in [-0.15, -0.1) is 0 Å². The fourth-order valence-electron chi connectivity index (χ4n) is 2.88. The van der Waals surface area contributed by atoms with Crippen LogP contribution in [0.3, 0.4) is 0 Å². The molecule has 1 aromatic rings. The smallest absolute Gasteiger partial charge is 0.339 e. The maximum atomic E-state index is 13.2. The monoisotopic (exact) mass is 407 g/mol. The lowest BCUT2D eigenvalue weighted by molar-refractivity contribution is -0.216. The normalized spacial score (nSPS) is 22.2. The first-order valence-corrected chi connectivity index (χ1v) is 9.65. The highest BCUT2D eigenvalue weighted by Gasteiger charge is 2.54. The van der Waals surface area contributed by atoms with Gasteiger partial charge in [0.05, 0.1) is 19.8 Å². The number of carbonyl (C=O) groups is 1. The van der Waals surface area contributed by atoms with Crippen LogP contribution in [0, 0.1) is 0 Å². The highest BCUT2D eigenvalue weighted by molar-refractivity contribution is 5.83. The lowest BCUT2D eigenvalue weighted by atomic mass is 9.95. The standard InChI is InChI=1S/C22H33NO6/c1-16(28-20(2,3)4)23-22(19(24)29-21(5,6)25-7)15-26-14-18(22)27-13-17-11-9-8-10-12-17/h8-12,18,23H,1,13-15H2,2-7H3/t18-,22+/m0/s1. The number of ether oxygens (including phenoxy) is 5. The van der Waals surface area contributed by atoms with Crippen molar-refractivity contribution < 1.29 is 28.5 Å². The van der Waals surface area contributed by atoms with Crippen LogP contribution in [0.1, 0.15) is 40.2 Å². The van der Waals surface area contributed by atoms with Crippen molar-refractivity contribution in [3.63, 3.8) is 0 Å². The minimum Gasteiger partial charge on any atom is -0.474 e. The fourth-order valence-corrected chi connectivity index (χ4v) is 2.88. The molecule has 1 aliphatic rings. The first-order chi connectivity index (χ1) is 13.5. The Kier molecular flexibility index (Phi) is 7.32. The van der Waals surface area contributed by atoms with E-state index in [1.165, 1.54) is 7.11 Å². The van der Waals surface area contributed by atoms with Crippen molar-refractivity contribution in [3.8, 4) is 0 Å². The molecule has 1 saturated heterocycles. The second-order valence-electron chi connectivity index (χ2n) is 8.53. The van der Waals surface area contributed by atoms with Crippen molar-refractivity contribution in [1.29, 1.82) is 0 Å². The van der Waals surface area contributed by atoms with Crippen molar-refractivity contribution in [1.82, 2.24) is 5.32 Å². The summed E-state index contributed by atoms with van der Waals surface area (Å²) < 4.78 is 28.4. The highest BCUT2D eigenvalue weighted by atomic mass is 16.7. The molecule has 2 rings (SSSR count). The molecule has 0 aromatic heterocycles. The third-order valence-electron chi connectivity index (χ3n) is 4.43. The fraction of sp³-hybridized carbons (Fsp3) is 0.591. The minimum absolute atomic E-state index is 0.0532. The Morgan fingerprint density at radius 2 is 1.86 bits per heavy atom. The second-order valence-corrected chi connectivity index (χ2v) is 8.53. The number of methoxy groups -OCH3 is 1. The van der Waals surface area contributed by atoms with E-state index in [1.54, 1.807) is 13.8 Å². The maximum Gasteiger partial charge on any atom is 0.339 e. The van der Waals surface area contributed by atoms with Gasteiger partial charge in [-0.25, -0.2) is 4.79 Å². The molecule has 29 heavy (non-hydrogen) atoms. The van der Waals surface area contributed by atoms with E-state index in [0.29, 0.717) is 6.61 Å². The van der Waals surface area contributed by atoms with Crippen LogP contribution in [0.25, 0.3) is 0 Å². The molecule has 1 fully saturated rings. The number of hydrogen-bond acceptors (Lipinski definition) is 7. The van der Waals surface area contributed by atoms with Crippen LogP contribution in [0.15, 0.2) is 42.8 Å². The van der Waals surface area contributed by atoms with Gasteiger partial charge in [0, 0.05) is 21.0 Å². The predicted octanol–water partition coefficient (Wildman–Crippen LogP) is 3.14. The van der Waals surface area contributed by atoms with Crippen LogP contribution < -0.4 is 5.32 Å². The van der Waals surface area contributed by atoms with Crippen molar-refractivity contribution in [2.75, 3.05) is 20.3 Å². The summed E-state index contributed by atoms with van der Waals surface area (Å²) >= 11 is 0. The van der Waals surface area contributed by atoms with Crippen LogP contribution in [0.5, 0.6) is 0 Å². The van der Waals surface area contributed by atoms with Crippen LogP contribution in [0.2, 0.25) is 0 Å². The number of benzene rings is 1. The summed E-state index contributed by atoms with van der Waals surface area (Å²) in [6, 6.07) is 9.72. The topological polar surface area (TPSA) is 75.3 Å². The zero-order valence-electron chi connectivity index (χ0n) is 18.2. The molecule has 1 N–H and O–H groups in total. The van der Waals surface area contributed by atoms with Gasteiger partial charge >= 0.3 is 5.97 Å². The predicted molar refractivity (Wildman–Crippen MR) is 109 cm³/mol. The molecule has 0 radical (unpaired) electrons. The van der Waals surface area contributed by atoms with Crippen LogP contribution in [0.4, 0.5) is 0 Å². The van der Waals surface area contributed by atoms with E-state index >= 15 is 0 Å². The average Bonchev–Trinajstić information content (AvgIpc) is 3.02. The van der Waals surface area contributed by atoms with Crippen LogP contribution in [-0.4, -0.2) is 49.3 Å². The van der Waals surface area contributed by atoms with E-state index in [4.69, 9.17) is 23.7 Å². The molecule has 0 unspecified atom stereocenters. The van der Waals surface area contributed by atoms with Crippen molar-refractivity contribution in [3.05, 3.63) is 48.4 Å². The van der Waals surface area contributed by atoms with E-state index in [2.05, 4.69) is 11.9 Å². The molecule has 2 atom stereocenters. The van der Waals surface area contributed by atoms with Gasteiger partial charge in [0.1, 0.15) is 11.7 Å². The Bertz CT molecular complexity index is 697. The van der Waals surface area contributed by atoms with E-state index in [1.807, 2.05) is 51.1 Å². The SMILES string of the molecule is C=C(N[C@]1(C(=O)OC(C)(C)OC)COC[C@@H]1OCc1ccccc1)OC(C)(C)C. The molecular weight excluding hydrogens is 374 g/mol. The van der Waals surface area contributed by atoms with Gasteiger partial charge in [-0.3, -0.25) is 0 Å². The molecule has 0 spiro atoms. The number of esters is 1. The van der Waals surface area contributed by atoms with Gasteiger partial charge < -0.3 is 29.0 Å². The van der Waals surface area contributed by atoms with Crippen molar-refractivity contribution in [2.24, 2.45) is 0 Å². The highest BCUT2D eigenvalue weighted by Crippen LogP contribution is 2.29. The van der Waals surface area contributed by atoms with Gasteiger partial charge in [-0.05, 0) is 32.9 Å². The van der Waals surface area contributed by atoms with E-state index in [-0.39, 0.29) is 19.1 Å². The molecule has 1 aliphatic heterocycles. The minimum atomic E-state index is -1.31. The zero-order chi connectivity index (χ0) is 21.7. The summed E-state index contributed by atoms with van der Waals surface area (Å²) in [6.07, 6.45) is -0.608. The quantitative estimate of drug-likeness (QED) is 0.383. The number of carbonyl (C=O) groups excluding carboxylic acids is 1. The molecule has 1 heterocycles. The van der Waals surface area contributed by atoms with Gasteiger partial charge in [0.2, 0.25) is 5.79 Å². The summed E-state index contributed by atoms with van der Waals surface area (Å²) in [7, 11) is 1.48. The Balaban J connectivity index is 2.24. The van der Waals surface area contributed by atoms with E-state index in [9.17, 15) is 4.79 Å². The van der Waals surface area contributed by atoms with Crippen molar-refractivity contribution in [2.45, 2.75) is 64.3 Å². The first-order valence-electron chi connectivity index (χ1n) is 9.65. The lowest BCUT2D eigenvalue weighted by Gasteiger charge is -2.37. The summed E-state index contributed by atoms with van der Waals surface area (Å²) in [5, 5.41) is 3.08. The van der Waals surface area contributed by atoms with E-state index < -0.39 is 29.0 Å². The van der Waals surface area contributed by atoms with Gasteiger partial charge in [-0.1, -0.05) is 30.3 Å². The van der Waals surface area contributed by atoms with Crippen LogP contribution >= 0.6 is 0 Å². The molecule has 162 valence electrons. The lowest BCUT2D eigenvalue weighted by Crippen LogP contribution is -2.62. The zero-order valence-corrected chi connectivity index (χ0v) is 18.2. The number of hydrogen-bond donors (Lipinski definition) is 1. The molecule has 1 aromatic carbocycles. The Hall–Kier alpha value is -2.09. The summed E-state index contributed by atoms with van der Waals surface area (Å²) in [6.45, 7) is 13.5. The molecule has 0 saturated carbocycles. The molecule has 0 aliphatic carbocycles. The third-order valence-corrected chi connectivity index (χ3v) is 4.43. The van der Waals surface area contributed by atoms with E-state index in [0.717, 1.165) is 5.56 Å². The molecular formula is C22H33NO6. The number of nitrogens with one attached hydrogen (secondary N) is 1. The van der Waals surface area contributed by atoms with Gasteiger partial charge in [0.25, 0.3) is 0 Å². The van der Waals surface area contributed by atoms with Gasteiger partial charge in [0.15, 0.2) is 11.4 Å². The molecule has 7 nitrogen and oxygen atoms in total.